The SMILES string of the molecule is CC=O.COc1ccc(C)cc1N(C)C(=O)/C=C/CN(C)C1CC1.Cc1[c-]c(N)ncn1.Fc1cccc(Pc2cc[c-]cc2)c1.[CH3-].[K+]. The maximum atomic E-state index is 12.9. The fraction of sp³-hybridized carbons (Fsp3) is 0.270. The number of anilines is 2. The number of aldehydes is 1. The molecule has 1 aliphatic carbocycles. The number of rotatable bonds is 8. The summed E-state index contributed by atoms with van der Waals surface area (Å²) in [6.07, 6.45) is 8.29. The van der Waals surface area contributed by atoms with Crippen molar-refractivity contribution in [3.8, 4) is 5.75 Å². The van der Waals surface area contributed by atoms with E-state index in [1.807, 2.05) is 68.5 Å². The summed E-state index contributed by atoms with van der Waals surface area (Å²) in [4.78, 5) is 32.4. The Balaban J connectivity index is 0.000000705. The van der Waals surface area contributed by atoms with Gasteiger partial charge in [0, 0.05) is 25.7 Å². The Morgan fingerprint density at radius 3 is 2.29 bits per heavy atom. The second kappa shape index (κ2) is 25.2. The zero-order valence-corrected chi connectivity index (χ0v) is 33.5. The van der Waals surface area contributed by atoms with Crippen LogP contribution in [0, 0.1) is 39.2 Å². The molecule has 0 bridgehead atoms. The summed E-state index contributed by atoms with van der Waals surface area (Å²) >= 11 is 0. The van der Waals surface area contributed by atoms with Crippen molar-refractivity contribution in [2.75, 3.05) is 38.4 Å². The van der Waals surface area contributed by atoms with Gasteiger partial charge < -0.3 is 33.7 Å². The number of carbonyl (C=O) groups is 2. The Hall–Kier alpha value is -2.82. The number of carbonyl (C=O) groups excluding carboxylic acids is 2. The first-order valence-corrected chi connectivity index (χ1v) is 15.7. The van der Waals surface area contributed by atoms with Crippen molar-refractivity contribution >= 4 is 42.9 Å². The molecule has 1 heterocycles. The topological polar surface area (TPSA) is 102 Å². The van der Waals surface area contributed by atoms with Crippen molar-refractivity contribution in [2.45, 2.75) is 39.7 Å². The fourth-order valence-electron chi connectivity index (χ4n) is 3.91. The molecule has 8 nitrogen and oxygen atoms in total. The number of amides is 1. The van der Waals surface area contributed by atoms with Gasteiger partial charge in [-0.3, -0.25) is 19.7 Å². The molecule has 0 spiro atoms. The Morgan fingerprint density at radius 2 is 1.75 bits per heavy atom. The predicted molar refractivity (Wildman–Crippen MR) is 193 cm³/mol. The molecule has 1 aliphatic rings. The number of nitrogens with zero attached hydrogens (tertiary/aromatic N) is 4. The molecule has 3 aromatic carbocycles. The van der Waals surface area contributed by atoms with Crippen molar-refractivity contribution in [1.29, 1.82) is 0 Å². The van der Waals surface area contributed by atoms with Crippen molar-refractivity contribution in [2.24, 2.45) is 0 Å². The molecular weight excluding hydrogens is 652 g/mol. The van der Waals surface area contributed by atoms with E-state index in [1.165, 1.54) is 37.5 Å². The van der Waals surface area contributed by atoms with Crippen LogP contribution >= 0.6 is 8.58 Å². The minimum absolute atomic E-state index is 0. The summed E-state index contributed by atoms with van der Waals surface area (Å²) in [6, 6.07) is 26.7. The third-order valence-electron chi connectivity index (χ3n) is 6.44. The molecule has 2 N–H and O–H groups in total. The van der Waals surface area contributed by atoms with Gasteiger partial charge in [-0.05, 0) is 68.9 Å². The molecule has 5 rings (SSSR count). The van der Waals surface area contributed by atoms with Gasteiger partial charge in [0.05, 0.1) is 12.8 Å². The molecular formula is C37H46FKN5O3P-2. The average Bonchev–Trinajstić information content (AvgIpc) is 3.88. The summed E-state index contributed by atoms with van der Waals surface area (Å²) in [5, 5.41) is 2.23. The van der Waals surface area contributed by atoms with Crippen LogP contribution in [0.5, 0.6) is 5.75 Å². The van der Waals surface area contributed by atoms with Gasteiger partial charge in [-0.2, -0.15) is 30.3 Å². The minimum Gasteiger partial charge on any atom is -0.495 e. The van der Waals surface area contributed by atoms with Crippen LogP contribution in [0.15, 0.2) is 85.2 Å². The molecule has 11 heteroatoms. The number of methoxy groups -OCH3 is 1. The van der Waals surface area contributed by atoms with Crippen LogP contribution in [0.1, 0.15) is 31.0 Å². The molecule has 1 atom stereocenters. The van der Waals surface area contributed by atoms with Crippen molar-refractivity contribution < 1.29 is 70.1 Å². The quantitative estimate of drug-likeness (QED) is 0.0994. The van der Waals surface area contributed by atoms with E-state index in [1.54, 1.807) is 37.3 Å². The Morgan fingerprint density at radius 1 is 1.08 bits per heavy atom. The standard InChI is InChI=1S/C17H24N2O2.C12H9FP.C5H6N3.C2H4O.CH3.K/c1-13-7-10-16(21-4)15(12-13)19(3)17(20)6-5-11-18(2)14-8-9-14;13-10-5-4-8-12(9-10)14-11-6-2-1-3-7-11;1-4-2-5(6)8-3-7-4;1-2-3;;/h5-7,10,12,14H,8-9,11H2,1-4H3;2-9,14H;3H,1H3,(H2,6,7,8);2H,1H3;1H3;/q;2*-1;;-1;+1/b6-5+;;;;;. The number of hydrogen-bond acceptors (Lipinski definition) is 7. The first kappa shape index (κ1) is 45.2. The second-order valence-corrected chi connectivity index (χ2v) is 11.7. The van der Waals surface area contributed by atoms with Crippen molar-refractivity contribution in [3.63, 3.8) is 0 Å². The summed E-state index contributed by atoms with van der Waals surface area (Å²) in [6.45, 7) is 6.08. The first-order valence-electron chi connectivity index (χ1n) is 14.7. The smallest absolute Gasteiger partial charge is 0.495 e. The van der Waals surface area contributed by atoms with Gasteiger partial charge in [0.1, 0.15) is 24.2 Å². The molecule has 0 radical (unpaired) electrons. The number of hydrogen-bond donors (Lipinski definition) is 1. The molecule has 1 unspecified atom stereocenters. The minimum atomic E-state index is -0.169. The summed E-state index contributed by atoms with van der Waals surface area (Å²) in [5.41, 5.74) is 7.92. The number of aromatic nitrogens is 2. The molecule has 1 amide bonds. The van der Waals surface area contributed by atoms with Crippen LogP contribution in [0.25, 0.3) is 0 Å². The van der Waals surface area contributed by atoms with Gasteiger partial charge >= 0.3 is 51.4 Å². The molecule has 1 aromatic heterocycles. The Labute approximate surface area is 330 Å². The van der Waals surface area contributed by atoms with Crippen LogP contribution < -0.4 is 77.4 Å². The summed E-state index contributed by atoms with van der Waals surface area (Å²) < 4.78 is 18.2. The van der Waals surface area contributed by atoms with Crippen LogP contribution in [0.2, 0.25) is 0 Å². The van der Waals surface area contributed by atoms with Gasteiger partial charge in [0.2, 0.25) is 0 Å². The van der Waals surface area contributed by atoms with E-state index in [4.69, 9.17) is 15.3 Å². The van der Waals surface area contributed by atoms with Crippen LogP contribution in [0.4, 0.5) is 15.9 Å². The average molecular weight is 698 g/mol. The maximum Gasteiger partial charge on any atom is 1.00 e. The predicted octanol–water partition coefficient (Wildman–Crippen LogP) is 2.70. The van der Waals surface area contributed by atoms with Crippen molar-refractivity contribution in [3.05, 3.63) is 122 Å². The van der Waals surface area contributed by atoms with Gasteiger partial charge in [-0.1, -0.05) is 45.6 Å². The van der Waals surface area contributed by atoms with E-state index in [0.717, 1.165) is 35.1 Å². The van der Waals surface area contributed by atoms with Crippen LogP contribution in [0.3, 0.4) is 0 Å². The van der Waals surface area contributed by atoms with Crippen LogP contribution in [-0.2, 0) is 9.59 Å². The summed E-state index contributed by atoms with van der Waals surface area (Å²) in [7, 11) is 6.00. The number of nitrogen functional groups attached to an aromatic ring is 1. The Bertz CT molecular complexity index is 1520. The third kappa shape index (κ3) is 18.1. The van der Waals surface area contributed by atoms with Gasteiger partial charge in [0.15, 0.2) is 0 Å². The number of ether oxygens (including phenoxy) is 1. The van der Waals surface area contributed by atoms with E-state index in [0.29, 0.717) is 26.2 Å². The molecule has 1 fully saturated rings. The van der Waals surface area contributed by atoms with E-state index >= 15 is 0 Å². The second-order valence-electron chi connectivity index (χ2n) is 10.3. The molecule has 252 valence electrons. The number of halogens is 1. The molecule has 4 aromatic rings. The monoisotopic (exact) mass is 697 g/mol. The van der Waals surface area contributed by atoms with Crippen LogP contribution in [-0.4, -0.2) is 60.9 Å². The zero-order chi connectivity index (χ0) is 33.9. The largest absolute Gasteiger partial charge is 1.00 e. The van der Waals surface area contributed by atoms with E-state index in [-0.39, 0.29) is 70.5 Å². The van der Waals surface area contributed by atoms with Gasteiger partial charge in [-0.25, -0.2) is 4.39 Å². The number of nitrogens with two attached hydrogens (primary N) is 1. The maximum absolute atomic E-state index is 12.9. The van der Waals surface area contributed by atoms with Gasteiger partial charge in [0.25, 0.3) is 5.91 Å². The Kier molecular flexibility index (Phi) is 23.7. The molecule has 0 saturated heterocycles. The normalized spacial score (nSPS) is 11.4. The number of benzene rings is 3. The number of aryl methyl sites for hydroxylation is 2. The zero-order valence-electron chi connectivity index (χ0n) is 29.3. The fourth-order valence-corrected chi connectivity index (χ4v) is 4.96. The number of likely N-dealkylation sites (N-methyl/N-ethyl adjacent to an activating group) is 2. The summed E-state index contributed by atoms with van der Waals surface area (Å²) in [5.74, 6) is 0.901. The van der Waals surface area contributed by atoms with Gasteiger partial charge in [-0.15, -0.1) is 11.0 Å². The van der Waals surface area contributed by atoms with E-state index in [9.17, 15) is 9.18 Å². The van der Waals surface area contributed by atoms with Crippen molar-refractivity contribution in [1.82, 2.24) is 14.9 Å². The molecule has 0 aliphatic heterocycles. The molecule has 1 saturated carbocycles. The van der Waals surface area contributed by atoms with E-state index < -0.39 is 0 Å². The first-order chi connectivity index (χ1) is 22.1. The van der Waals surface area contributed by atoms with E-state index in [2.05, 4.69) is 34.0 Å². The third-order valence-corrected chi connectivity index (χ3v) is 7.66. The molecule has 48 heavy (non-hydrogen) atoms.